The number of hydrogen-bond donors (Lipinski definition) is 0. The van der Waals surface area contributed by atoms with Crippen LogP contribution in [-0.2, 0) is 19.2 Å². The summed E-state index contributed by atoms with van der Waals surface area (Å²) in [5.74, 6) is -1.38. The second-order valence-corrected chi connectivity index (χ2v) is 4.75. The van der Waals surface area contributed by atoms with Crippen LogP contribution in [0.25, 0.3) is 0 Å². The number of cyclic esters (lactones) is 1. The lowest BCUT2D eigenvalue weighted by molar-refractivity contribution is -0.140. The monoisotopic (exact) mass is 311 g/mol. The Labute approximate surface area is 126 Å². The Hall–Kier alpha value is -1.92. The average Bonchev–Trinajstić information content (AvgIpc) is 2.86. The number of esters is 1. The SMILES string of the molecule is O=C(CCl)CC[C@H]1C(=O)OCN1OC(=O)c1ccccc1. The first-order valence-electron chi connectivity index (χ1n) is 6.40. The molecule has 0 unspecified atom stereocenters. The molecule has 1 saturated heterocycles. The largest absolute Gasteiger partial charge is 0.445 e. The number of benzene rings is 1. The molecule has 0 bridgehead atoms. The fourth-order valence-corrected chi connectivity index (χ4v) is 2.01. The quantitative estimate of drug-likeness (QED) is 0.586. The first-order valence-corrected chi connectivity index (χ1v) is 6.93. The number of alkyl halides is 1. The highest BCUT2D eigenvalue weighted by molar-refractivity contribution is 6.27. The number of hydroxylamine groups is 2. The molecule has 0 amide bonds. The van der Waals surface area contributed by atoms with Gasteiger partial charge in [-0.25, -0.2) is 4.79 Å². The van der Waals surface area contributed by atoms with E-state index in [0.717, 1.165) is 5.06 Å². The fourth-order valence-electron chi connectivity index (χ4n) is 1.88. The zero-order chi connectivity index (χ0) is 15.2. The summed E-state index contributed by atoms with van der Waals surface area (Å²) in [7, 11) is 0. The Bertz CT molecular complexity index is 533. The van der Waals surface area contributed by atoms with Crippen molar-refractivity contribution in [2.75, 3.05) is 12.6 Å². The van der Waals surface area contributed by atoms with Crippen LogP contribution in [0.1, 0.15) is 23.2 Å². The van der Waals surface area contributed by atoms with Gasteiger partial charge in [0, 0.05) is 6.42 Å². The summed E-state index contributed by atoms with van der Waals surface area (Å²) in [6.07, 6.45) is 0.328. The molecule has 112 valence electrons. The van der Waals surface area contributed by atoms with E-state index in [-0.39, 0.29) is 31.2 Å². The van der Waals surface area contributed by atoms with Crippen LogP contribution in [0.15, 0.2) is 30.3 Å². The first-order chi connectivity index (χ1) is 10.1. The molecule has 0 aromatic heterocycles. The predicted molar refractivity (Wildman–Crippen MR) is 73.4 cm³/mol. The van der Waals surface area contributed by atoms with E-state index >= 15 is 0 Å². The van der Waals surface area contributed by atoms with Crippen molar-refractivity contribution in [2.24, 2.45) is 0 Å². The summed E-state index contributed by atoms with van der Waals surface area (Å²) < 4.78 is 4.85. The van der Waals surface area contributed by atoms with Crippen molar-refractivity contribution in [3.8, 4) is 0 Å². The number of ketones is 1. The molecule has 1 aliphatic rings. The minimum Gasteiger partial charge on any atom is -0.445 e. The molecule has 0 aliphatic carbocycles. The van der Waals surface area contributed by atoms with Crippen molar-refractivity contribution in [2.45, 2.75) is 18.9 Å². The molecule has 1 heterocycles. The van der Waals surface area contributed by atoms with Gasteiger partial charge in [-0.05, 0) is 18.6 Å². The van der Waals surface area contributed by atoms with E-state index in [9.17, 15) is 14.4 Å². The standard InChI is InChI=1S/C14H14ClNO5/c15-8-11(17)6-7-12-14(19)20-9-16(12)21-13(18)10-4-2-1-3-5-10/h1-5,12H,6-9H2/t12-/m0/s1. The lowest BCUT2D eigenvalue weighted by Crippen LogP contribution is -2.35. The Morgan fingerprint density at radius 1 is 1.33 bits per heavy atom. The number of ether oxygens (including phenoxy) is 1. The van der Waals surface area contributed by atoms with Crippen molar-refractivity contribution in [3.63, 3.8) is 0 Å². The molecule has 0 N–H and O–H groups in total. The van der Waals surface area contributed by atoms with E-state index in [1.54, 1.807) is 30.3 Å². The smallest absolute Gasteiger partial charge is 0.357 e. The van der Waals surface area contributed by atoms with Gasteiger partial charge in [-0.15, -0.1) is 11.6 Å². The molecule has 7 heteroatoms. The van der Waals surface area contributed by atoms with Gasteiger partial charge in [-0.3, -0.25) is 9.59 Å². The number of carbonyl (C=O) groups is 3. The molecule has 6 nitrogen and oxygen atoms in total. The van der Waals surface area contributed by atoms with Gasteiger partial charge in [0.25, 0.3) is 0 Å². The summed E-state index contributed by atoms with van der Waals surface area (Å²) >= 11 is 5.41. The lowest BCUT2D eigenvalue weighted by atomic mass is 10.1. The Balaban J connectivity index is 1.96. The third kappa shape index (κ3) is 4.03. The van der Waals surface area contributed by atoms with Crippen molar-refractivity contribution < 1.29 is 24.0 Å². The van der Waals surface area contributed by atoms with E-state index in [1.165, 1.54) is 0 Å². The lowest BCUT2D eigenvalue weighted by Gasteiger charge is -2.18. The minimum absolute atomic E-state index is 0.106. The van der Waals surface area contributed by atoms with Crippen LogP contribution < -0.4 is 0 Å². The zero-order valence-corrected chi connectivity index (χ0v) is 11.9. The van der Waals surface area contributed by atoms with Crippen LogP contribution in [0, 0.1) is 0 Å². The topological polar surface area (TPSA) is 72.9 Å². The molecule has 2 rings (SSSR count). The molecule has 1 aromatic carbocycles. The maximum absolute atomic E-state index is 11.9. The van der Waals surface area contributed by atoms with Gasteiger partial charge in [-0.2, -0.15) is 0 Å². The van der Waals surface area contributed by atoms with E-state index in [1.807, 2.05) is 0 Å². The molecule has 1 aromatic rings. The van der Waals surface area contributed by atoms with Crippen molar-refractivity contribution >= 4 is 29.3 Å². The van der Waals surface area contributed by atoms with Gasteiger partial charge in [0.2, 0.25) is 0 Å². The number of halogens is 1. The summed E-state index contributed by atoms with van der Waals surface area (Å²) in [6, 6.07) is 7.63. The Morgan fingerprint density at radius 3 is 2.71 bits per heavy atom. The van der Waals surface area contributed by atoms with Crippen LogP contribution >= 0.6 is 11.6 Å². The molecule has 0 spiro atoms. The molecule has 1 fully saturated rings. The number of rotatable bonds is 6. The number of nitrogens with zero attached hydrogens (tertiary/aromatic N) is 1. The second-order valence-electron chi connectivity index (χ2n) is 4.48. The Kier molecular flexibility index (Phi) is 5.30. The molecule has 21 heavy (non-hydrogen) atoms. The minimum atomic E-state index is -0.773. The molecule has 0 saturated carbocycles. The molecule has 1 atom stereocenters. The van der Waals surface area contributed by atoms with E-state index in [2.05, 4.69) is 0 Å². The van der Waals surface area contributed by atoms with Crippen LogP contribution in [0.5, 0.6) is 0 Å². The summed E-state index contributed by atoms with van der Waals surface area (Å²) in [5, 5.41) is 1.15. The summed E-state index contributed by atoms with van der Waals surface area (Å²) in [6.45, 7) is -0.142. The van der Waals surface area contributed by atoms with Gasteiger partial charge in [0.1, 0.15) is 11.8 Å². The van der Waals surface area contributed by atoms with Gasteiger partial charge < -0.3 is 9.57 Å². The van der Waals surface area contributed by atoms with Crippen molar-refractivity contribution in [3.05, 3.63) is 35.9 Å². The van der Waals surface area contributed by atoms with Gasteiger partial charge >= 0.3 is 11.9 Å². The van der Waals surface area contributed by atoms with Gasteiger partial charge in [0.05, 0.1) is 11.4 Å². The molecule has 0 radical (unpaired) electrons. The van der Waals surface area contributed by atoms with Crippen LogP contribution in [0.2, 0.25) is 0 Å². The van der Waals surface area contributed by atoms with Crippen molar-refractivity contribution in [1.29, 1.82) is 0 Å². The summed E-state index contributed by atoms with van der Waals surface area (Å²) in [5.41, 5.74) is 0.368. The predicted octanol–water partition coefficient (Wildman–Crippen LogP) is 1.53. The van der Waals surface area contributed by atoms with Crippen LogP contribution in [-0.4, -0.2) is 41.4 Å². The zero-order valence-electron chi connectivity index (χ0n) is 11.2. The maximum Gasteiger partial charge on any atom is 0.357 e. The van der Waals surface area contributed by atoms with Crippen molar-refractivity contribution in [1.82, 2.24) is 5.06 Å². The first kappa shape index (κ1) is 15.5. The fraction of sp³-hybridized carbons (Fsp3) is 0.357. The Morgan fingerprint density at radius 2 is 2.05 bits per heavy atom. The highest BCUT2D eigenvalue weighted by Gasteiger charge is 2.37. The van der Waals surface area contributed by atoms with E-state index < -0.39 is 18.0 Å². The molecule has 1 aliphatic heterocycles. The van der Waals surface area contributed by atoms with E-state index in [4.69, 9.17) is 21.2 Å². The van der Waals surface area contributed by atoms with E-state index in [0.29, 0.717) is 5.56 Å². The highest BCUT2D eigenvalue weighted by Crippen LogP contribution is 2.18. The number of hydrogen-bond acceptors (Lipinski definition) is 6. The number of carbonyl (C=O) groups excluding carboxylic acids is 3. The third-order valence-electron chi connectivity index (χ3n) is 3.01. The molecular formula is C14H14ClNO5. The summed E-state index contributed by atoms with van der Waals surface area (Å²) in [4.78, 5) is 39.9. The highest BCUT2D eigenvalue weighted by atomic mass is 35.5. The third-order valence-corrected chi connectivity index (χ3v) is 3.31. The van der Waals surface area contributed by atoms with Crippen LogP contribution in [0.4, 0.5) is 0 Å². The molecular weight excluding hydrogens is 298 g/mol. The second kappa shape index (κ2) is 7.19. The average molecular weight is 312 g/mol. The normalized spacial score (nSPS) is 18.3. The maximum atomic E-state index is 11.9. The van der Waals surface area contributed by atoms with Gasteiger partial charge in [0.15, 0.2) is 6.73 Å². The number of Topliss-reactive ketones (excluding diaryl/α,β-unsaturated/α-hetero) is 1. The van der Waals surface area contributed by atoms with Gasteiger partial charge in [-0.1, -0.05) is 23.3 Å². The van der Waals surface area contributed by atoms with Crippen LogP contribution in [0.3, 0.4) is 0 Å².